The lowest BCUT2D eigenvalue weighted by Gasteiger charge is -2.21. The molecule has 0 saturated heterocycles. The number of hydrogen-bond acceptors (Lipinski definition) is 1. The van der Waals surface area contributed by atoms with E-state index in [1.54, 1.807) is 0 Å². The molecule has 0 unspecified atom stereocenters. The summed E-state index contributed by atoms with van der Waals surface area (Å²) in [5, 5.41) is 2.29. The van der Waals surface area contributed by atoms with Gasteiger partial charge in [-0.2, -0.15) is 0 Å². The van der Waals surface area contributed by atoms with E-state index in [0.717, 1.165) is 39.3 Å². The van der Waals surface area contributed by atoms with Crippen molar-refractivity contribution in [3.05, 3.63) is 90.3 Å². The molecule has 5 aromatic rings. The van der Waals surface area contributed by atoms with E-state index in [4.69, 9.17) is 4.74 Å². The summed E-state index contributed by atoms with van der Waals surface area (Å²) in [6, 6.07) is 25.4. The maximum Gasteiger partial charge on any atom is 0.270 e. The molecule has 1 aliphatic rings. The second-order valence-electron chi connectivity index (χ2n) is 7.48. The number of ether oxygens (including phenoxy) is 1. The minimum absolute atomic E-state index is 0.862. The molecule has 0 amide bonds. The van der Waals surface area contributed by atoms with Gasteiger partial charge in [0.15, 0.2) is 0 Å². The van der Waals surface area contributed by atoms with Gasteiger partial charge in [0.2, 0.25) is 0 Å². The first kappa shape index (κ1) is 15.5. The van der Waals surface area contributed by atoms with Crippen molar-refractivity contribution in [2.45, 2.75) is 13.8 Å². The standard InChI is InChI=1S/C25H18N2O/c1-16-12-17(2)14-19(13-16)26-15-27-22-11-10-18-6-3-4-7-20(18)25(22)28-23-9-5-8-21(26)24(23)27/h3-14H,1-2H3. The number of para-hydroxylation sites is 1. The Morgan fingerprint density at radius 3 is 2.54 bits per heavy atom. The Kier molecular flexibility index (Phi) is 3.01. The number of imidazole rings is 1. The molecule has 0 radical (unpaired) electrons. The molecule has 4 aromatic carbocycles. The van der Waals surface area contributed by atoms with Crippen LogP contribution in [0.4, 0.5) is 0 Å². The molecule has 0 aliphatic carbocycles. The van der Waals surface area contributed by atoms with E-state index < -0.39 is 0 Å². The van der Waals surface area contributed by atoms with Crippen LogP contribution in [-0.2, 0) is 0 Å². The fraction of sp³-hybridized carbons (Fsp3) is 0.0800. The molecule has 28 heavy (non-hydrogen) atoms. The van der Waals surface area contributed by atoms with Gasteiger partial charge in [0.25, 0.3) is 6.33 Å². The van der Waals surface area contributed by atoms with E-state index in [9.17, 15) is 0 Å². The molecule has 0 N–H and O–H groups in total. The van der Waals surface area contributed by atoms with Crippen molar-refractivity contribution >= 4 is 21.8 Å². The first-order valence-corrected chi connectivity index (χ1v) is 9.46. The summed E-state index contributed by atoms with van der Waals surface area (Å²) in [4.78, 5) is 0. The summed E-state index contributed by atoms with van der Waals surface area (Å²) in [6.07, 6.45) is 3.58. The van der Waals surface area contributed by atoms with Crippen LogP contribution < -0.4 is 9.30 Å². The number of hydrogen-bond donors (Lipinski definition) is 0. The van der Waals surface area contributed by atoms with Crippen LogP contribution in [0.1, 0.15) is 11.1 Å². The van der Waals surface area contributed by atoms with Gasteiger partial charge >= 0.3 is 0 Å². The normalized spacial score (nSPS) is 12.2. The van der Waals surface area contributed by atoms with Gasteiger partial charge in [-0.15, -0.1) is 0 Å². The Labute approximate surface area is 163 Å². The van der Waals surface area contributed by atoms with E-state index in [1.807, 2.05) is 12.1 Å². The van der Waals surface area contributed by atoms with Crippen LogP contribution in [0.2, 0.25) is 0 Å². The topological polar surface area (TPSA) is 18.0 Å². The fourth-order valence-corrected chi connectivity index (χ4v) is 4.28. The third-order valence-corrected chi connectivity index (χ3v) is 5.42. The number of aryl methyl sites for hydroxylation is 2. The van der Waals surface area contributed by atoms with Crippen LogP contribution in [0, 0.1) is 20.2 Å². The molecule has 0 spiro atoms. The van der Waals surface area contributed by atoms with Gasteiger partial charge in [-0.1, -0.05) is 59.7 Å². The summed E-state index contributed by atoms with van der Waals surface area (Å²) in [5.41, 5.74) is 6.75. The third kappa shape index (κ3) is 2.07. The number of benzene rings is 4. The van der Waals surface area contributed by atoms with E-state index >= 15 is 0 Å². The summed E-state index contributed by atoms with van der Waals surface area (Å²) < 4.78 is 10.7. The average molecular weight is 362 g/mol. The fourth-order valence-electron chi connectivity index (χ4n) is 4.28. The minimum atomic E-state index is 0.862. The van der Waals surface area contributed by atoms with Crippen LogP contribution in [0.3, 0.4) is 0 Å². The van der Waals surface area contributed by atoms with Crippen molar-refractivity contribution in [2.24, 2.45) is 0 Å². The summed E-state index contributed by atoms with van der Waals surface area (Å²) >= 11 is 0. The highest BCUT2D eigenvalue weighted by molar-refractivity contribution is 5.93. The number of fused-ring (bicyclic) bond motifs is 4. The molecule has 134 valence electrons. The van der Waals surface area contributed by atoms with Crippen LogP contribution in [0.25, 0.3) is 33.2 Å². The third-order valence-electron chi connectivity index (χ3n) is 5.42. The SMILES string of the molecule is Cc1cc(C)cc(-n2[c-][n+]3c4c(cccc42)Oc2c-3ccc3ccccc23)c1. The molecular weight excluding hydrogens is 344 g/mol. The van der Waals surface area contributed by atoms with Crippen molar-refractivity contribution in [1.29, 1.82) is 0 Å². The molecule has 0 bridgehead atoms. The molecule has 0 atom stereocenters. The zero-order valence-electron chi connectivity index (χ0n) is 15.7. The second kappa shape index (κ2) is 5.46. The minimum Gasteiger partial charge on any atom is -0.464 e. The lowest BCUT2D eigenvalue weighted by atomic mass is 10.1. The predicted octanol–water partition coefficient (Wildman–Crippen LogP) is 5.58. The van der Waals surface area contributed by atoms with Crippen molar-refractivity contribution in [2.75, 3.05) is 0 Å². The largest absolute Gasteiger partial charge is 0.464 e. The molecule has 0 saturated carbocycles. The van der Waals surface area contributed by atoms with Crippen LogP contribution in [-0.4, -0.2) is 4.57 Å². The zero-order valence-corrected chi connectivity index (χ0v) is 15.7. The van der Waals surface area contributed by atoms with Crippen molar-refractivity contribution in [3.8, 4) is 22.9 Å². The highest BCUT2D eigenvalue weighted by Gasteiger charge is 2.24. The highest BCUT2D eigenvalue weighted by atomic mass is 16.5. The summed E-state index contributed by atoms with van der Waals surface area (Å²) in [7, 11) is 0. The summed E-state index contributed by atoms with van der Waals surface area (Å²) in [6.45, 7) is 4.26. The first-order valence-electron chi connectivity index (χ1n) is 9.46. The molecule has 1 aliphatic heterocycles. The molecule has 6 rings (SSSR count). The number of rotatable bonds is 1. The Hall–Kier alpha value is -3.59. The van der Waals surface area contributed by atoms with Crippen molar-refractivity contribution in [3.63, 3.8) is 0 Å². The lowest BCUT2D eigenvalue weighted by molar-refractivity contribution is -0.575. The molecular formula is C25H18N2O. The van der Waals surface area contributed by atoms with E-state index in [2.05, 4.69) is 90.0 Å². The van der Waals surface area contributed by atoms with Gasteiger partial charge in [0.05, 0.1) is 11.2 Å². The van der Waals surface area contributed by atoms with Gasteiger partial charge in [-0.25, -0.2) is 0 Å². The van der Waals surface area contributed by atoms with E-state index in [0.29, 0.717) is 0 Å². The zero-order chi connectivity index (χ0) is 18.8. The van der Waals surface area contributed by atoms with Crippen molar-refractivity contribution < 1.29 is 9.30 Å². The number of nitrogens with zero attached hydrogens (tertiary/aromatic N) is 2. The second-order valence-corrected chi connectivity index (χ2v) is 7.48. The first-order chi connectivity index (χ1) is 13.7. The molecule has 0 fully saturated rings. The van der Waals surface area contributed by atoms with Crippen LogP contribution in [0.5, 0.6) is 11.5 Å². The van der Waals surface area contributed by atoms with E-state index in [1.165, 1.54) is 16.5 Å². The van der Waals surface area contributed by atoms with Gasteiger partial charge in [-0.3, -0.25) is 9.13 Å². The maximum atomic E-state index is 6.41. The van der Waals surface area contributed by atoms with Gasteiger partial charge in [-0.05, 0) is 43.5 Å². The van der Waals surface area contributed by atoms with Crippen molar-refractivity contribution in [1.82, 2.24) is 4.57 Å². The smallest absolute Gasteiger partial charge is 0.270 e. The van der Waals surface area contributed by atoms with Gasteiger partial charge in [0.1, 0.15) is 22.7 Å². The Balaban J connectivity index is 1.70. The quantitative estimate of drug-likeness (QED) is 0.276. The molecule has 3 heteroatoms. The Morgan fingerprint density at radius 2 is 1.68 bits per heavy atom. The van der Waals surface area contributed by atoms with Crippen LogP contribution in [0.15, 0.2) is 72.8 Å². The monoisotopic (exact) mass is 362 g/mol. The Bertz CT molecular complexity index is 1390. The summed E-state index contributed by atoms with van der Waals surface area (Å²) in [5.74, 6) is 1.75. The van der Waals surface area contributed by atoms with Gasteiger partial charge in [0, 0.05) is 5.39 Å². The average Bonchev–Trinajstić information content (AvgIpc) is 3.09. The van der Waals surface area contributed by atoms with Crippen LogP contribution >= 0.6 is 0 Å². The molecule has 2 heterocycles. The molecule has 1 aromatic heterocycles. The highest BCUT2D eigenvalue weighted by Crippen LogP contribution is 2.40. The maximum absolute atomic E-state index is 6.41. The Morgan fingerprint density at radius 1 is 0.857 bits per heavy atom. The van der Waals surface area contributed by atoms with E-state index in [-0.39, 0.29) is 0 Å². The predicted molar refractivity (Wildman–Crippen MR) is 111 cm³/mol. The molecule has 3 nitrogen and oxygen atoms in total. The van der Waals surface area contributed by atoms with Gasteiger partial charge < -0.3 is 4.74 Å². The number of aromatic nitrogens is 2. The lowest BCUT2D eigenvalue weighted by Crippen LogP contribution is -2.32.